The summed E-state index contributed by atoms with van der Waals surface area (Å²) in [5.74, 6) is -0.226. The highest BCUT2D eigenvalue weighted by molar-refractivity contribution is 7.22. The second-order valence-corrected chi connectivity index (χ2v) is 26.6. The van der Waals surface area contributed by atoms with Crippen LogP contribution in [0.4, 0.5) is 10.9 Å². The number of aliphatic hydroxyl groups is 1. The Kier molecular flexibility index (Phi) is 17.9. The second-order valence-electron chi connectivity index (χ2n) is 24.7. The third-order valence-electron chi connectivity index (χ3n) is 15.7. The average Bonchev–Trinajstić information content (AvgIpc) is 1.61. The number of carbonyl (C=O) groups is 5. The van der Waals surface area contributed by atoms with Gasteiger partial charge in [-0.25, -0.2) is 19.7 Å². The number of hydrogen-bond donors (Lipinski definition) is 4. The molecular weight excluding hydrogens is 1120 g/mol. The Balaban J connectivity index is 0.774. The fraction of sp³-hybridized carbons (Fsp3) is 0.353. The molecule has 446 valence electrons. The zero-order valence-corrected chi connectivity index (χ0v) is 52.0. The van der Waals surface area contributed by atoms with E-state index in [2.05, 4.69) is 30.8 Å². The number of likely N-dealkylation sites (tertiary alicyclic amines) is 1. The lowest BCUT2D eigenvalue weighted by molar-refractivity contribution is -0.144. The van der Waals surface area contributed by atoms with Gasteiger partial charge in [-0.1, -0.05) is 112 Å². The van der Waals surface area contributed by atoms with Gasteiger partial charge in [0.2, 0.25) is 17.7 Å². The molecule has 0 saturated carbocycles. The molecule has 4 amide bonds. The number of benzene rings is 5. The van der Waals surface area contributed by atoms with Crippen molar-refractivity contribution in [3.8, 4) is 33.1 Å². The minimum Gasteiger partial charge on any atom is -0.457 e. The number of fused-ring (bicyclic) bond motifs is 2. The second kappa shape index (κ2) is 25.3. The molecule has 0 aliphatic carbocycles. The normalized spacial score (nSPS) is 16.2. The van der Waals surface area contributed by atoms with Crippen LogP contribution in [0.1, 0.15) is 129 Å². The third kappa shape index (κ3) is 14.0. The van der Waals surface area contributed by atoms with Crippen LogP contribution in [-0.4, -0.2) is 91.4 Å². The lowest BCUT2D eigenvalue weighted by atomic mass is 9.85. The average molecular weight is 1200 g/mol. The maximum Gasteiger partial charge on any atom is 0.358 e. The van der Waals surface area contributed by atoms with Crippen molar-refractivity contribution in [2.45, 2.75) is 131 Å². The number of rotatable bonds is 17. The van der Waals surface area contributed by atoms with E-state index in [1.54, 1.807) is 11.3 Å². The van der Waals surface area contributed by atoms with Gasteiger partial charge >= 0.3 is 5.97 Å². The van der Waals surface area contributed by atoms with Gasteiger partial charge in [-0.05, 0) is 153 Å². The highest BCUT2D eigenvalue weighted by atomic mass is 32.1. The summed E-state index contributed by atoms with van der Waals surface area (Å²) in [6, 6.07) is 36.5. The summed E-state index contributed by atoms with van der Waals surface area (Å²) >= 11 is 3.00. The number of nitrogens with zero attached hydrogens (tertiary/aromatic N) is 5. The molecule has 16 nitrogen and oxygen atoms in total. The van der Waals surface area contributed by atoms with Gasteiger partial charge < -0.3 is 35.0 Å². The van der Waals surface area contributed by atoms with Crippen molar-refractivity contribution in [1.29, 1.82) is 0 Å². The van der Waals surface area contributed by atoms with Crippen LogP contribution in [0.25, 0.3) is 31.8 Å². The largest absolute Gasteiger partial charge is 0.457 e. The lowest BCUT2D eigenvalue weighted by Gasteiger charge is -2.35. The summed E-state index contributed by atoms with van der Waals surface area (Å²) in [5, 5.41) is 20.4. The van der Waals surface area contributed by atoms with Crippen LogP contribution in [0, 0.1) is 25.2 Å². The molecule has 86 heavy (non-hydrogen) atoms. The maximum absolute atomic E-state index is 14.4. The molecule has 3 aromatic heterocycles. The number of carbonyl (C=O) groups excluding carboxylic acids is 5. The summed E-state index contributed by atoms with van der Waals surface area (Å²) in [6.07, 6.45) is 0.591. The van der Waals surface area contributed by atoms with Gasteiger partial charge in [0, 0.05) is 43.6 Å². The molecule has 18 heteroatoms. The minimum atomic E-state index is -0.951. The van der Waals surface area contributed by atoms with Crippen molar-refractivity contribution in [3.05, 3.63) is 172 Å². The fourth-order valence-electron chi connectivity index (χ4n) is 11.3. The standard InChI is InChI=1S/C68H74N8O8S2/c1-39(34-58(78)73-61(67(5,6)7)64(81)76-36-47(77)35-54(76)63(80)70-41(3)44-23-25-46(26-24-44)60-42(4)69-38-85-60)33-43-21-27-48(28-22-43)83-55-19-14-16-49(40(55)2)50-29-30-57(72-59(50)65(82)84-68(8,9)10)75-32-31-45-15-13-17-51(52(45)37-75)62(79)74-66-71-53-18-11-12-20-56(53)86-66/h11-30,38-39,41,47,54,61,77H,31-37H2,1-10H3,(H,70,80)(H,73,78)(H,71,74,79)/t39-,41+,47-,54+,61-/m1/s1. The number of ether oxygens (including phenoxy) is 2. The number of nitrogens with one attached hydrogen (secondary N) is 3. The Hall–Kier alpha value is -8.32. The molecule has 5 atom stereocenters. The molecule has 8 aromatic rings. The summed E-state index contributed by atoms with van der Waals surface area (Å²) in [7, 11) is 0. The summed E-state index contributed by atoms with van der Waals surface area (Å²) < 4.78 is 13.5. The number of thiazole rings is 2. The van der Waals surface area contributed by atoms with E-state index < -0.39 is 41.1 Å². The van der Waals surface area contributed by atoms with E-state index in [0.29, 0.717) is 59.5 Å². The number of pyridine rings is 1. The molecule has 0 bridgehead atoms. The van der Waals surface area contributed by atoms with E-state index in [1.165, 1.54) is 16.2 Å². The van der Waals surface area contributed by atoms with E-state index in [0.717, 1.165) is 59.7 Å². The highest BCUT2D eigenvalue weighted by Gasteiger charge is 2.45. The predicted octanol–water partition coefficient (Wildman–Crippen LogP) is 12.6. The Morgan fingerprint density at radius 2 is 1.56 bits per heavy atom. The first-order valence-corrected chi connectivity index (χ1v) is 30.9. The number of β-amino-alcohol motifs (C(OH)–C–C–N with tert-alkyl or cyclic N) is 1. The fourth-order valence-corrected chi connectivity index (χ4v) is 12.9. The quantitative estimate of drug-likeness (QED) is 0.0629. The van der Waals surface area contributed by atoms with Crippen molar-refractivity contribution in [1.82, 2.24) is 30.5 Å². The first-order valence-electron chi connectivity index (χ1n) is 29.2. The van der Waals surface area contributed by atoms with Crippen molar-refractivity contribution in [2.24, 2.45) is 11.3 Å². The Labute approximate surface area is 510 Å². The van der Waals surface area contributed by atoms with E-state index in [-0.39, 0.29) is 54.8 Å². The smallest absolute Gasteiger partial charge is 0.358 e. The monoisotopic (exact) mass is 1190 g/mol. The van der Waals surface area contributed by atoms with E-state index in [4.69, 9.17) is 14.5 Å². The van der Waals surface area contributed by atoms with Crippen molar-refractivity contribution in [2.75, 3.05) is 23.3 Å². The summed E-state index contributed by atoms with van der Waals surface area (Å²) in [6.45, 7) is 19.9. The number of anilines is 2. The molecule has 1 fully saturated rings. The number of hydrogen-bond acceptors (Lipinski definition) is 14. The zero-order chi connectivity index (χ0) is 61.2. The number of aliphatic hydroxyl groups excluding tert-OH is 1. The molecule has 0 radical (unpaired) electrons. The van der Waals surface area contributed by atoms with Crippen molar-refractivity contribution >= 4 is 73.4 Å². The SMILES string of the molecule is Cc1ncsc1-c1ccc([C@H](C)NC(=O)[C@@H]2C[C@@H](O)CN2C(=O)[C@@H](NC(=O)C[C@H](C)Cc2ccc(Oc3cccc(-c4ccc(N5CCc6cccc(C(=O)Nc7nc8ccccc8s7)c6C5)nc4C(=O)OC(C)(C)C)c3C)cc2)C(C)(C)C)cc1. The van der Waals surface area contributed by atoms with Crippen LogP contribution < -0.4 is 25.6 Å². The van der Waals surface area contributed by atoms with Gasteiger partial charge in [0.05, 0.1) is 38.4 Å². The molecule has 2 aliphatic rings. The third-order valence-corrected chi connectivity index (χ3v) is 17.7. The van der Waals surface area contributed by atoms with Crippen LogP contribution in [0.5, 0.6) is 11.5 Å². The van der Waals surface area contributed by atoms with E-state index in [1.807, 2.05) is 196 Å². The highest BCUT2D eigenvalue weighted by Crippen LogP contribution is 2.38. The van der Waals surface area contributed by atoms with Crippen molar-refractivity contribution < 1.29 is 38.6 Å². The van der Waals surface area contributed by atoms with Crippen LogP contribution in [0.15, 0.2) is 127 Å². The Morgan fingerprint density at radius 1 is 0.814 bits per heavy atom. The lowest BCUT2D eigenvalue weighted by Crippen LogP contribution is -2.58. The first-order chi connectivity index (χ1) is 41.0. The number of esters is 1. The van der Waals surface area contributed by atoms with Crippen LogP contribution in [0.3, 0.4) is 0 Å². The molecule has 2 aliphatic heterocycles. The molecule has 10 rings (SSSR count). The predicted molar refractivity (Wildman–Crippen MR) is 339 cm³/mol. The van der Waals surface area contributed by atoms with Gasteiger partial charge in [-0.3, -0.25) is 24.5 Å². The summed E-state index contributed by atoms with van der Waals surface area (Å²) in [4.78, 5) is 88.7. The molecule has 4 N–H and O–H groups in total. The number of aryl methyl sites for hydroxylation is 1. The topological polar surface area (TPSA) is 205 Å². The van der Waals surface area contributed by atoms with Crippen LogP contribution in [-0.2, 0) is 38.5 Å². The van der Waals surface area contributed by atoms with Gasteiger partial charge in [0.25, 0.3) is 5.91 Å². The number of para-hydroxylation sites is 1. The number of amides is 4. The molecule has 5 aromatic carbocycles. The van der Waals surface area contributed by atoms with Gasteiger partial charge in [0.1, 0.15) is 35.0 Å². The maximum atomic E-state index is 14.4. The van der Waals surface area contributed by atoms with Crippen LogP contribution in [0.2, 0.25) is 0 Å². The van der Waals surface area contributed by atoms with E-state index >= 15 is 0 Å². The molecule has 0 unspecified atom stereocenters. The van der Waals surface area contributed by atoms with Gasteiger partial charge in [0.15, 0.2) is 10.8 Å². The molecule has 0 spiro atoms. The molecule has 5 heterocycles. The van der Waals surface area contributed by atoms with E-state index in [9.17, 15) is 29.1 Å². The van der Waals surface area contributed by atoms with Crippen LogP contribution >= 0.6 is 22.7 Å². The Morgan fingerprint density at radius 3 is 2.27 bits per heavy atom. The summed E-state index contributed by atoms with van der Waals surface area (Å²) in [5.41, 5.74) is 9.82. The minimum absolute atomic E-state index is 0.0199. The van der Waals surface area contributed by atoms with Gasteiger partial charge in [-0.2, -0.15) is 0 Å². The Bertz CT molecular complexity index is 3790. The van der Waals surface area contributed by atoms with Crippen molar-refractivity contribution in [3.63, 3.8) is 0 Å². The zero-order valence-electron chi connectivity index (χ0n) is 50.3. The molecular formula is C68H74N8O8S2. The van der Waals surface area contributed by atoms with Gasteiger partial charge in [-0.15, -0.1) is 11.3 Å². The first kappa shape index (κ1) is 60.8. The number of aromatic nitrogens is 3. The molecule has 1 saturated heterocycles.